The van der Waals surface area contributed by atoms with E-state index in [9.17, 15) is 9.50 Å². The molecule has 0 amide bonds. The zero-order valence-electron chi connectivity index (χ0n) is 10.4. The molecule has 18 heavy (non-hydrogen) atoms. The van der Waals surface area contributed by atoms with Gasteiger partial charge >= 0.3 is 0 Å². The number of aliphatic hydroxyl groups is 1. The Kier molecular flexibility index (Phi) is 6.85. The van der Waals surface area contributed by atoms with Crippen molar-refractivity contribution in [1.82, 2.24) is 5.32 Å². The van der Waals surface area contributed by atoms with Crippen molar-refractivity contribution in [3.63, 3.8) is 0 Å². The summed E-state index contributed by atoms with van der Waals surface area (Å²) >= 11 is 0. The fraction of sp³-hybridized carbons (Fsp3) is 0.429. The van der Waals surface area contributed by atoms with Gasteiger partial charge in [-0.1, -0.05) is 0 Å². The lowest BCUT2D eigenvalue weighted by Gasteiger charge is -2.12. The molecule has 0 fully saturated rings. The Hall–Kier alpha value is -1.57. The van der Waals surface area contributed by atoms with E-state index in [2.05, 4.69) is 17.2 Å². The lowest BCUT2D eigenvalue weighted by Crippen LogP contribution is -2.31. The van der Waals surface area contributed by atoms with Crippen molar-refractivity contribution in [2.75, 3.05) is 19.7 Å². The molecule has 0 spiro atoms. The van der Waals surface area contributed by atoms with E-state index in [1.165, 1.54) is 24.3 Å². The van der Waals surface area contributed by atoms with Crippen LogP contribution in [0, 0.1) is 17.7 Å². The maximum Gasteiger partial charge on any atom is 0.123 e. The van der Waals surface area contributed by atoms with Crippen LogP contribution >= 0.6 is 0 Å². The second-order valence-corrected chi connectivity index (χ2v) is 3.80. The average Bonchev–Trinajstić information content (AvgIpc) is 2.38. The highest BCUT2D eigenvalue weighted by Gasteiger charge is 2.04. The Morgan fingerprint density at radius 2 is 2.11 bits per heavy atom. The van der Waals surface area contributed by atoms with Crippen LogP contribution in [-0.2, 0) is 0 Å². The molecule has 1 rings (SSSR count). The van der Waals surface area contributed by atoms with Gasteiger partial charge in [-0.05, 0) is 31.2 Å². The molecule has 0 aliphatic carbocycles. The second-order valence-electron chi connectivity index (χ2n) is 3.80. The van der Waals surface area contributed by atoms with Crippen molar-refractivity contribution in [1.29, 1.82) is 0 Å². The monoisotopic (exact) mass is 251 g/mol. The van der Waals surface area contributed by atoms with Crippen LogP contribution in [0.5, 0.6) is 5.75 Å². The predicted octanol–water partition coefficient (Wildman–Crippen LogP) is 1.57. The molecule has 0 radical (unpaired) electrons. The molecule has 98 valence electrons. The second kappa shape index (κ2) is 8.51. The minimum absolute atomic E-state index is 0.179. The van der Waals surface area contributed by atoms with Crippen molar-refractivity contribution in [2.45, 2.75) is 19.4 Å². The average molecular weight is 251 g/mol. The highest BCUT2D eigenvalue weighted by Crippen LogP contribution is 2.10. The first-order chi connectivity index (χ1) is 8.72. The third-order valence-electron chi connectivity index (χ3n) is 2.24. The van der Waals surface area contributed by atoms with Gasteiger partial charge in [0, 0.05) is 19.5 Å². The summed E-state index contributed by atoms with van der Waals surface area (Å²) in [7, 11) is 0. The molecule has 2 N–H and O–H groups in total. The highest BCUT2D eigenvalue weighted by molar-refractivity contribution is 5.22. The quantitative estimate of drug-likeness (QED) is 0.571. The number of hydrogen-bond donors (Lipinski definition) is 2. The van der Waals surface area contributed by atoms with Gasteiger partial charge in [-0.3, -0.25) is 0 Å². The minimum Gasteiger partial charge on any atom is -0.491 e. The Labute approximate surface area is 107 Å². The lowest BCUT2D eigenvalue weighted by molar-refractivity contribution is 0.106. The van der Waals surface area contributed by atoms with Gasteiger partial charge in [-0.25, -0.2) is 4.39 Å². The van der Waals surface area contributed by atoms with Crippen molar-refractivity contribution in [3.05, 3.63) is 30.1 Å². The zero-order chi connectivity index (χ0) is 13.2. The third-order valence-corrected chi connectivity index (χ3v) is 2.24. The molecule has 0 saturated carbocycles. The van der Waals surface area contributed by atoms with Crippen LogP contribution in [0.4, 0.5) is 4.39 Å². The minimum atomic E-state index is -0.593. The Bertz CT molecular complexity index is 394. The van der Waals surface area contributed by atoms with Crippen LogP contribution in [0.3, 0.4) is 0 Å². The molecule has 0 aromatic heterocycles. The molecule has 1 atom stereocenters. The van der Waals surface area contributed by atoms with Crippen molar-refractivity contribution >= 4 is 0 Å². The van der Waals surface area contributed by atoms with E-state index in [0.717, 1.165) is 13.0 Å². The molecule has 0 heterocycles. The fourth-order valence-electron chi connectivity index (χ4n) is 1.33. The maximum absolute atomic E-state index is 12.6. The fourth-order valence-corrected chi connectivity index (χ4v) is 1.33. The predicted molar refractivity (Wildman–Crippen MR) is 68.8 cm³/mol. The van der Waals surface area contributed by atoms with Crippen LogP contribution in [0.25, 0.3) is 0 Å². The SMILES string of the molecule is CC#CCCNCC(O)COc1ccc(F)cc1. The van der Waals surface area contributed by atoms with Crippen molar-refractivity contribution < 1.29 is 14.2 Å². The van der Waals surface area contributed by atoms with Crippen molar-refractivity contribution in [2.24, 2.45) is 0 Å². The summed E-state index contributed by atoms with van der Waals surface area (Å²) in [4.78, 5) is 0. The van der Waals surface area contributed by atoms with Crippen LogP contribution in [0.1, 0.15) is 13.3 Å². The largest absolute Gasteiger partial charge is 0.491 e. The van der Waals surface area contributed by atoms with Gasteiger partial charge in [0.05, 0.1) is 0 Å². The molecule has 3 nitrogen and oxygen atoms in total. The standard InChI is InChI=1S/C14H18FNO2/c1-2-3-4-9-16-10-13(17)11-18-14-7-5-12(15)6-8-14/h5-8,13,16-17H,4,9-11H2,1H3. The molecular weight excluding hydrogens is 233 g/mol. The molecule has 4 heteroatoms. The van der Waals surface area contributed by atoms with E-state index in [4.69, 9.17) is 4.74 Å². The first-order valence-electron chi connectivity index (χ1n) is 5.89. The van der Waals surface area contributed by atoms with Crippen LogP contribution in [0.15, 0.2) is 24.3 Å². The topological polar surface area (TPSA) is 41.5 Å². The van der Waals surface area contributed by atoms with E-state index >= 15 is 0 Å². The zero-order valence-corrected chi connectivity index (χ0v) is 10.4. The molecular formula is C14H18FNO2. The highest BCUT2D eigenvalue weighted by atomic mass is 19.1. The number of halogens is 1. The maximum atomic E-state index is 12.6. The number of ether oxygens (including phenoxy) is 1. The number of rotatable bonds is 7. The first kappa shape index (κ1) is 14.5. The number of aliphatic hydroxyl groups excluding tert-OH is 1. The van der Waals surface area contributed by atoms with Gasteiger partial charge in [0.15, 0.2) is 0 Å². The molecule has 0 bridgehead atoms. The van der Waals surface area contributed by atoms with Crippen LogP contribution in [0.2, 0.25) is 0 Å². The number of nitrogens with one attached hydrogen (secondary N) is 1. The normalized spacial score (nSPS) is 11.5. The van der Waals surface area contributed by atoms with Crippen molar-refractivity contribution in [3.8, 4) is 17.6 Å². The molecule has 1 aromatic rings. The number of benzene rings is 1. The molecule has 1 unspecified atom stereocenters. The van der Waals surface area contributed by atoms with E-state index in [1.807, 2.05) is 0 Å². The van der Waals surface area contributed by atoms with Crippen LogP contribution in [-0.4, -0.2) is 30.9 Å². The molecule has 0 aliphatic rings. The Morgan fingerprint density at radius 1 is 1.39 bits per heavy atom. The Morgan fingerprint density at radius 3 is 2.78 bits per heavy atom. The molecule has 0 aliphatic heterocycles. The first-order valence-corrected chi connectivity index (χ1v) is 5.89. The van der Waals surface area contributed by atoms with E-state index in [-0.39, 0.29) is 12.4 Å². The summed E-state index contributed by atoms with van der Waals surface area (Å²) in [6, 6.07) is 5.71. The third kappa shape index (κ3) is 6.24. The van der Waals surface area contributed by atoms with Gasteiger partial charge < -0.3 is 15.2 Å². The summed E-state index contributed by atoms with van der Waals surface area (Å²) in [5.74, 6) is 5.97. The van der Waals surface area contributed by atoms with Crippen LogP contribution < -0.4 is 10.1 Å². The summed E-state index contributed by atoms with van der Waals surface area (Å²) in [6.07, 6.45) is 0.173. The summed E-state index contributed by atoms with van der Waals surface area (Å²) < 4.78 is 17.9. The van der Waals surface area contributed by atoms with Gasteiger partial charge in [0.25, 0.3) is 0 Å². The van der Waals surface area contributed by atoms with E-state index in [0.29, 0.717) is 12.3 Å². The van der Waals surface area contributed by atoms with E-state index < -0.39 is 6.10 Å². The molecule has 1 aromatic carbocycles. The van der Waals surface area contributed by atoms with Gasteiger partial charge in [-0.15, -0.1) is 11.8 Å². The summed E-state index contributed by atoms with van der Waals surface area (Å²) in [5, 5.41) is 12.7. The van der Waals surface area contributed by atoms with Gasteiger partial charge in [0.1, 0.15) is 24.3 Å². The lowest BCUT2D eigenvalue weighted by atomic mass is 10.3. The Balaban J connectivity index is 2.14. The molecule has 0 saturated heterocycles. The van der Waals surface area contributed by atoms with E-state index in [1.54, 1.807) is 6.92 Å². The van der Waals surface area contributed by atoms with Gasteiger partial charge in [-0.2, -0.15) is 0 Å². The summed E-state index contributed by atoms with van der Waals surface area (Å²) in [5.41, 5.74) is 0. The van der Waals surface area contributed by atoms with Gasteiger partial charge in [0.2, 0.25) is 0 Å². The summed E-state index contributed by atoms with van der Waals surface area (Å²) in [6.45, 7) is 3.17. The number of hydrogen-bond acceptors (Lipinski definition) is 3. The smallest absolute Gasteiger partial charge is 0.123 e.